The van der Waals surface area contributed by atoms with Crippen molar-refractivity contribution in [1.29, 1.82) is 0 Å². The molecule has 3 N–H and O–H groups in total. The van der Waals surface area contributed by atoms with Gasteiger partial charge in [-0.2, -0.15) is 0 Å². The number of rotatable bonds is 6. The number of nitrogens with one attached hydrogen (secondary N) is 3. The maximum absolute atomic E-state index is 13.8. The van der Waals surface area contributed by atoms with Gasteiger partial charge in [-0.25, -0.2) is 23.4 Å². The lowest BCUT2D eigenvalue weighted by molar-refractivity contribution is 0.208. The van der Waals surface area contributed by atoms with Crippen LogP contribution in [0.2, 0.25) is 0 Å². The highest BCUT2D eigenvalue weighted by Gasteiger charge is 2.22. The van der Waals surface area contributed by atoms with Gasteiger partial charge in [0.1, 0.15) is 17.3 Å². The lowest BCUT2D eigenvalue weighted by atomic mass is 10.2. The summed E-state index contributed by atoms with van der Waals surface area (Å²) in [5.74, 6) is -0.959. The minimum Gasteiger partial charge on any atom is -0.497 e. The molecule has 1 aliphatic rings. The standard InChI is InChI=1S/C25H26F2N6O4/c1-36-20-12-18(13-21(14-20)37-2)30-24(34)29-17-3-5-19(6-4-17)32-7-9-33(10-8-32)25(35)31-23-22(27)11-16(26)15-28-23/h3-6,11-15H,7-10H2,1-2H3,(H,28,31,35)(H2,29,30,34). The molecule has 3 aromatic rings. The molecule has 4 amide bonds. The molecule has 37 heavy (non-hydrogen) atoms. The first-order valence-electron chi connectivity index (χ1n) is 11.4. The number of hydrogen-bond acceptors (Lipinski definition) is 6. The predicted molar refractivity (Wildman–Crippen MR) is 136 cm³/mol. The minimum atomic E-state index is -0.933. The minimum absolute atomic E-state index is 0.313. The summed E-state index contributed by atoms with van der Waals surface area (Å²) in [5.41, 5.74) is 2.04. The smallest absolute Gasteiger partial charge is 0.323 e. The lowest BCUT2D eigenvalue weighted by Crippen LogP contribution is -2.50. The Morgan fingerprint density at radius 3 is 2.05 bits per heavy atom. The summed E-state index contributed by atoms with van der Waals surface area (Å²) in [7, 11) is 3.06. The average molecular weight is 513 g/mol. The molecule has 0 atom stereocenters. The summed E-state index contributed by atoms with van der Waals surface area (Å²) >= 11 is 0. The number of carbonyl (C=O) groups excluding carboxylic acids is 2. The van der Waals surface area contributed by atoms with Gasteiger partial charge in [0.2, 0.25) is 0 Å². The number of urea groups is 2. The van der Waals surface area contributed by atoms with E-state index in [1.165, 1.54) is 19.1 Å². The zero-order valence-corrected chi connectivity index (χ0v) is 20.3. The van der Waals surface area contributed by atoms with Crippen LogP contribution in [0.25, 0.3) is 0 Å². The van der Waals surface area contributed by atoms with Gasteiger partial charge in [0.05, 0.1) is 20.4 Å². The van der Waals surface area contributed by atoms with Crippen LogP contribution >= 0.6 is 0 Å². The number of halogens is 2. The molecule has 194 valence electrons. The Kier molecular flexibility index (Phi) is 7.86. The lowest BCUT2D eigenvalue weighted by Gasteiger charge is -2.36. The van der Waals surface area contributed by atoms with Crippen LogP contribution < -0.4 is 30.3 Å². The summed E-state index contributed by atoms with van der Waals surface area (Å²) in [4.78, 5) is 32.1. The molecule has 1 aromatic heterocycles. The van der Waals surface area contributed by atoms with Gasteiger partial charge >= 0.3 is 12.1 Å². The SMILES string of the molecule is COc1cc(NC(=O)Nc2ccc(N3CCN(C(=O)Nc4ncc(F)cc4F)CC3)cc2)cc(OC)c1. The second kappa shape index (κ2) is 11.4. The van der Waals surface area contributed by atoms with Crippen LogP contribution in [0.15, 0.2) is 54.7 Å². The van der Waals surface area contributed by atoms with Crippen molar-refractivity contribution in [2.45, 2.75) is 0 Å². The summed E-state index contributed by atoms with van der Waals surface area (Å²) in [5, 5.41) is 7.90. The number of nitrogens with zero attached hydrogens (tertiary/aromatic N) is 3. The molecular weight excluding hydrogens is 486 g/mol. The van der Waals surface area contributed by atoms with E-state index in [2.05, 4.69) is 25.8 Å². The molecule has 0 bridgehead atoms. The normalized spacial score (nSPS) is 13.1. The molecule has 12 heteroatoms. The van der Waals surface area contributed by atoms with Crippen molar-refractivity contribution in [1.82, 2.24) is 9.88 Å². The Morgan fingerprint density at radius 1 is 0.838 bits per heavy atom. The van der Waals surface area contributed by atoms with E-state index in [9.17, 15) is 18.4 Å². The molecule has 4 rings (SSSR count). The van der Waals surface area contributed by atoms with Gasteiger partial charge in [0.15, 0.2) is 11.6 Å². The van der Waals surface area contributed by atoms with Crippen LogP contribution in [0.3, 0.4) is 0 Å². The highest BCUT2D eigenvalue weighted by atomic mass is 19.1. The summed E-state index contributed by atoms with van der Waals surface area (Å²) < 4.78 is 37.2. The Bertz CT molecular complexity index is 1240. The van der Waals surface area contributed by atoms with Crippen molar-refractivity contribution in [3.8, 4) is 11.5 Å². The van der Waals surface area contributed by atoms with Crippen LogP contribution in [-0.4, -0.2) is 62.3 Å². The number of benzene rings is 2. The topological polar surface area (TPSA) is 108 Å². The first-order chi connectivity index (χ1) is 17.8. The molecule has 0 radical (unpaired) electrons. The van der Waals surface area contributed by atoms with E-state index in [1.54, 1.807) is 30.3 Å². The van der Waals surface area contributed by atoms with Crippen LogP contribution in [0.1, 0.15) is 0 Å². The quantitative estimate of drug-likeness (QED) is 0.453. The van der Waals surface area contributed by atoms with Crippen LogP contribution in [-0.2, 0) is 0 Å². The van der Waals surface area contributed by atoms with Crippen LogP contribution in [0.5, 0.6) is 11.5 Å². The van der Waals surface area contributed by atoms with Gasteiger partial charge in [-0.3, -0.25) is 5.32 Å². The number of anilines is 4. The molecule has 0 spiro atoms. The largest absolute Gasteiger partial charge is 0.497 e. The van der Waals surface area contributed by atoms with Gasteiger partial charge in [-0.15, -0.1) is 0 Å². The van der Waals surface area contributed by atoms with Crippen molar-refractivity contribution in [2.75, 3.05) is 61.2 Å². The van der Waals surface area contributed by atoms with Crippen molar-refractivity contribution in [3.63, 3.8) is 0 Å². The van der Waals surface area contributed by atoms with Gasteiger partial charge < -0.3 is 29.9 Å². The van der Waals surface area contributed by atoms with E-state index in [4.69, 9.17) is 9.47 Å². The monoisotopic (exact) mass is 512 g/mol. The molecule has 2 heterocycles. The molecule has 0 unspecified atom stereocenters. The number of aromatic nitrogens is 1. The Hall–Kier alpha value is -4.61. The summed E-state index contributed by atoms with van der Waals surface area (Å²) in [6.45, 7) is 1.91. The number of piperazine rings is 1. The molecule has 0 aliphatic carbocycles. The average Bonchev–Trinajstić information content (AvgIpc) is 2.90. The second-order valence-electron chi connectivity index (χ2n) is 8.12. The third-order valence-electron chi connectivity index (χ3n) is 5.70. The van der Waals surface area contributed by atoms with Gasteiger partial charge in [0.25, 0.3) is 0 Å². The molecule has 2 aromatic carbocycles. The van der Waals surface area contributed by atoms with E-state index >= 15 is 0 Å². The van der Waals surface area contributed by atoms with Crippen molar-refractivity contribution in [2.24, 2.45) is 0 Å². The van der Waals surface area contributed by atoms with E-state index in [0.29, 0.717) is 55.1 Å². The van der Waals surface area contributed by atoms with E-state index in [-0.39, 0.29) is 5.82 Å². The van der Waals surface area contributed by atoms with Crippen LogP contribution in [0.4, 0.5) is 41.2 Å². The highest BCUT2D eigenvalue weighted by molar-refractivity contribution is 6.00. The Labute approximate surface area is 212 Å². The first-order valence-corrected chi connectivity index (χ1v) is 11.4. The maximum Gasteiger partial charge on any atom is 0.323 e. The van der Waals surface area contributed by atoms with Gasteiger partial charge in [0, 0.05) is 67.5 Å². The Balaban J connectivity index is 1.28. The fraction of sp³-hybridized carbons (Fsp3) is 0.240. The molecule has 1 saturated heterocycles. The fourth-order valence-electron chi connectivity index (χ4n) is 3.78. The number of amides is 4. The van der Waals surface area contributed by atoms with E-state index in [1.807, 2.05) is 12.1 Å². The maximum atomic E-state index is 13.8. The van der Waals surface area contributed by atoms with E-state index < -0.39 is 23.7 Å². The molecule has 0 saturated carbocycles. The summed E-state index contributed by atoms with van der Waals surface area (Å²) in [6, 6.07) is 12.1. The molecule has 1 fully saturated rings. The molecule has 1 aliphatic heterocycles. The predicted octanol–water partition coefficient (Wildman–Crippen LogP) is 4.38. The second-order valence-corrected chi connectivity index (χ2v) is 8.12. The van der Waals surface area contributed by atoms with Crippen molar-refractivity contribution < 1.29 is 27.8 Å². The number of ether oxygens (including phenoxy) is 2. The Morgan fingerprint density at radius 2 is 1.46 bits per heavy atom. The van der Waals surface area contributed by atoms with Crippen LogP contribution in [0, 0.1) is 11.6 Å². The number of carbonyl (C=O) groups is 2. The number of hydrogen-bond donors (Lipinski definition) is 3. The van der Waals surface area contributed by atoms with E-state index in [0.717, 1.165) is 11.9 Å². The molecule has 10 nitrogen and oxygen atoms in total. The number of methoxy groups -OCH3 is 2. The van der Waals surface area contributed by atoms with Gasteiger partial charge in [-0.1, -0.05) is 0 Å². The fourth-order valence-corrected chi connectivity index (χ4v) is 3.78. The number of pyridine rings is 1. The first kappa shape index (κ1) is 25.5. The zero-order chi connectivity index (χ0) is 26.4. The third kappa shape index (κ3) is 6.54. The van der Waals surface area contributed by atoms with Crippen molar-refractivity contribution >= 4 is 34.9 Å². The summed E-state index contributed by atoms with van der Waals surface area (Å²) in [6.07, 6.45) is 0.842. The molecular formula is C25H26F2N6O4. The third-order valence-corrected chi connectivity index (χ3v) is 5.70. The highest BCUT2D eigenvalue weighted by Crippen LogP contribution is 2.26. The van der Waals surface area contributed by atoms with Gasteiger partial charge in [-0.05, 0) is 24.3 Å². The van der Waals surface area contributed by atoms with Crippen molar-refractivity contribution in [3.05, 3.63) is 66.4 Å². The zero-order valence-electron chi connectivity index (χ0n) is 20.3.